The van der Waals surface area contributed by atoms with Crippen molar-refractivity contribution >= 4 is 15.9 Å². The van der Waals surface area contributed by atoms with Crippen molar-refractivity contribution in [1.29, 1.82) is 0 Å². The number of alkyl halides is 1. The first-order chi connectivity index (χ1) is 7.63. The molecule has 0 aromatic carbocycles. The van der Waals surface area contributed by atoms with Crippen LogP contribution in [0.3, 0.4) is 0 Å². The number of rotatable bonds is 2. The number of hydrogen-bond donors (Lipinski definition) is 0. The largest absolute Gasteiger partial charge is 0.299 e. The van der Waals surface area contributed by atoms with Crippen LogP contribution < -0.4 is 0 Å². The molecule has 1 heterocycles. The van der Waals surface area contributed by atoms with Crippen LogP contribution in [0.25, 0.3) is 0 Å². The van der Waals surface area contributed by atoms with Gasteiger partial charge in [0.25, 0.3) is 5.70 Å². The second kappa shape index (κ2) is 4.67. The van der Waals surface area contributed by atoms with Crippen LogP contribution >= 0.6 is 15.9 Å². The molecule has 88 valence electrons. The van der Waals surface area contributed by atoms with Crippen LogP contribution in [0.15, 0.2) is 23.4 Å². The van der Waals surface area contributed by atoms with E-state index in [-0.39, 0.29) is 9.75 Å². The molecule has 0 spiro atoms. The minimum atomic E-state index is -0.253. The molecule has 0 saturated carbocycles. The van der Waals surface area contributed by atoms with E-state index in [1.54, 1.807) is 6.08 Å². The van der Waals surface area contributed by atoms with Crippen molar-refractivity contribution in [3.8, 4) is 0 Å². The highest BCUT2D eigenvalue weighted by Gasteiger charge is 2.35. The van der Waals surface area contributed by atoms with E-state index >= 15 is 0 Å². The number of fused-ring (bicyclic) bond motifs is 1. The van der Waals surface area contributed by atoms with Crippen LogP contribution in [0.5, 0.6) is 0 Å². The molecule has 4 nitrogen and oxygen atoms in total. The Balaban J connectivity index is 2.32. The third kappa shape index (κ3) is 2.06. The first kappa shape index (κ1) is 11.8. The molecule has 1 fully saturated rings. The lowest BCUT2D eigenvalue weighted by molar-refractivity contribution is -0.421. The Kier molecular flexibility index (Phi) is 3.44. The van der Waals surface area contributed by atoms with E-state index in [4.69, 9.17) is 0 Å². The van der Waals surface area contributed by atoms with Gasteiger partial charge in [-0.1, -0.05) is 28.9 Å². The lowest BCUT2D eigenvalue weighted by Crippen LogP contribution is -2.40. The Labute approximate surface area is 103 Å². The Morgan fingerprint density at radius 3 is 3.06 bits per heavy atom. The highest BCUT2D eigenvalue weighted by atomic mass is 79.9. The third-order valence-corrected chi connectivity index (χ3v) is 4.34. The van der Waals surface area contributed by atoms with Crippen LogP contribution in [0.1, 0.15) is 13.3 Å². The molecule has 1 aliphatic carbocycles. The molecule has 0 bridgehead atoms. The van der Waals surface area contributed by atoms with Gasteiger partial charge in [0.2, 0.25) is 0 Å². The fraction of sp³-hybridized carbons (Fsp3) is 0.636. The molecule has 1 aliphatic heterocycles. The molecule has 0 aromatic rings. The Bertz CT molecular complexity index is 365. The van der Waals surface area contributed by atoms with Gasteiger partial charge in [0.05, 0.1) is 4.92 Å². The molecule has 0 N–H and O–H groups in total. The summed E-state index contributed by atoms with van der Waals surface area (Å²) in [6.45, 7) is 4.82. The van der Waals surface area contributed by atoms with Crippen LogP contribution in [0.2, 0.25) is 0 Å². The lowest BCUT2D eigenvalue weighted by Gasteiger charge is -2.36. The number of piperidine rings is 1. The Morgan fingerprint density at radius 2 is 2.44 bits per heavy atom. The summed E-state index contributed by atoms with van der Waals surface area (Å²) in [7, 11) is 0. The zero-order valence-corrected chi connectivity index (χ0v) is 10.8. The summed E-state index contributed by atoms with van der Waals surface area (Å²) in [6.07, 6.45) is 4.54. The van der Waals surface area contributed by atoms with Gasteiger partial charge in [-0.2, -0.15) is 0 Å². The zero-order valence-electron chi connectivity index (χ0n) is 9.23. The number of likely N-dealkylation sites (tertiary alicyclic amines) is 1. The summed E-state index contributed by atoms with van der Waals surface area (Å²) in [4.78, 5) is 13.2. The lowest BCUT2D eigenvalue weighted by atomic mass is 9.84. The summed E-state index contributed by atoms with van der Waals surface area (Å²) in [5.41, 5.74) is 1.29. The van der Waals surface area contributed by atoms with Gasteiger partial charge in [0.15, 0.2) is 0 Å². The highest BCUT2D eigenvalue weighted by Crippen LogP contribution is 2.36. The monoisotopic (exact) mass is 286 g/mol. The maximum atomic E-state index is 11.0. The van der Waals surface area contributed by atoms with E-state index in [0.717, 1.165) is 31.6 Å². The van der Waals surface area contributed by atoms with Crippen LogP contribution in [0, 0.1) is 16.0 Å². The minimum absolute atomic E-state index is 0.253. The number of likely N-dealkylation sites (N-methyl/N-ethyl adjacent to an activating group) is 1. The summed E-state index contributed by atoms with van der Waals surface area (Å²) in [5, 5.41) is 11.0. The first-order valence-electron chi connectivity index (χ1n) is 5.55. The average Bonchev–Trinajstić information content (AvgIpc) is 2.28. The quantitative estimate of drug-likeness (QED) is 0.444. The van der Waals surface area contributed by atoms with Crippen molar-refractivity contribution < 1.29 is 4.92 Å². The van der Waals surface area contributed by atoms with E-state index in [1.807, 2.05) is 6.08 Å². The maximum Gasteiger partial charge on any atom is 0.269 e. The summed E-state index contributed by atoms with van der Waals surface area (Å²) < 4.78 is 0. The van der Waals surface area contributed by atoms with E-state index in [2.05, 4.69) is 27.8 Å². The van der Waals surface area contributed by atoms with Gasteiger partial charge in [-0.15, -0.1) is 0 Å². The molecule has 2 rings (SSSR count). The molecular formula is C11H15BrN2O2. The highest BCUT2D eigenvalue weighted by molar-refractivity contribution is 9.09. The van der Waals surface area contributed by atoms with Crippen LogP contribution in [-0.4, -0.2) is 34.3 Å². The van der Waals surface area contributed by atoms with Crippen molar-refractivity contribution in [3.05, 3.63) is 33.5 Å². The summed E-state index contributed by atoms with van der Waals surface area (Å²) in [6, 6.07) is 0. The van der Waals surface area contributed by atoms with Gasteiger partial charge in [-0.05, 0) is 19.5 Å². The van der Waals surface area contributed by atoms with Crippen LogP contribution in [0.4, 0.5) is 0 Å². The summed E-state index contributed by atoms with van der Waals surface area (Å²) in [5.74, 6) is 0.299. The molecule has 16 heavy (non-hydrogen) atoms. The van der Waals surface area contributed by atoms with Gasteiger partial charge in [0.1, 0.15) is 0 Å². The van der Waals surface area contributed by atoms with Crippen LogP contribution in [-0.2, 0) is 0 Å². The Hall–Kier alpha value is -0.680. The summed E-state index contributed by atoms with van der Waals surface area (Å²) >= 11 is 3.59. The fourth-order valence-electron chi connectivity index (χ4n) is 2.43. The van der Waals surface area contributed by atoms with Crippen molar-refractivity contribution in [3.63, 3.8) is 0 Å². The predicted octanol–water partition coefficient (Wildman–Crippen LogP) is 2.19. The van der Waals surface area contributed by atoms with E-state index in [0.29, 0.717) is 11.6 Å². The van der Waals surface area contributed by atoms with Gasteiger partial charge in [-0.3, -0.25) is 15.0 Å². The molecule has 0 radical (unpaired) electrons. The number of allylic oxidation sites excluding steroid dienone is 2. The van der Waals surface area contributed by atoms with Crippen molar-refractivity contribution in [2.45, 2.75) is 18.2 Å². The van der Waals surface area contributed by atoms with Crippen molar-refractivity contribution in [2.75, 3.05) is 19.6 Å². The van der Waals surface area contributed by atoms with Crippen molar-refractivity contribution in [1.82, 2.24) is 4.90 Å². The first-order valence-corrected chi connectivity index (χ1v) is 6.47. The predicted molar refractivity (Wildman–Crippen MR) is 66.1 cm³/mol. The average molecular weight is 287 g/mol. The SMILES string of the molecule is CCN1CCC2C(=C([N+](=O)[O-])C=CC2Br)C1. The molecule has 2 atom stereocenters. The minimum Gasteiger partial charge on any atom is -0.299 e. The van der Waals surface area contributed by atoms with Gasteiger partial charge in [-0.25, -0.2) is 0 Å². The fourth-order valence-corrected chi connectivity index (χ4v) is 3.16. The van der Waals surface area contributed by atoms with Gasteiger partial charge >= 0.3 is 0 Å². The van der Waals surface area contributed by atoms with E-state index in [9.17, 15) is 10.1 Å². The molecular weight excluding hydrogens is 272 g/mol. The molecule has 5 heteroatoms. The number of halogens is 1. The molecule has 0 aromatic heterocycles. The molecule has 2 aliphatic rings. The standard InChI is InChI=1S/C11H15BrN2O2/c1-2-13-6-5-8-9(7-13)11(14(15)16)4-3-10(8)12/h3-4,8,10H,2,5-7H2,1H3. The molecule has 1 saturated heterocycles. The van der Waals surface area contributed by atoms with Gasteiger partial charge < -0.3 is 0 Å². The second-order valence-electron chi connectivity index (χ2n) is 4.24. The van der Waals surface area contributed by atoms with Gasteiger partial charge in [0, 0.05) is 28.9 Å². The number of nitrogens with zero attached hydrogens (tertiary/aromatic N) is 2. The topological polar surface area (TPSA) is 46.4 Å². The Morgan fingerprint density at radius 1 is 1.69 bits per heavy atom. The van der Waals surface area contributed by atoms with Crippen molar-refractivity contribution in [2.24, 2.45) is 5.92 Å². The molecule has 2 unspecified atom stereocenters. The van der Waals surface area contributed by atoms with E-state index < -0.39 is 0 Å². The second-order valence-corrected chi connectivity index (χ2v) is 5.29. The number of hydrogen-bond acceptors (Lipinski definition) is 3. The van der Waals surface area contributed by atoms with E-state index in [1.165, 1.54) is 0 Å². The number of nitro groups is 1. The molecule has 0 amide bonds. The normalized spacial score (nSPS) is 30.4. The third-order valence-electron chi connectivity index (χ3n) is 3.39. The maximum absolute atomic E-state index is 11.0. The zero-order chi connectivity index (χ0) is 11.7. The smallest absolute Gasteiger partial charge is 0.269 e.